The summed E-state index contributed by atoms with van der Waals surface area (Å²) in [5, 5.41) is 3.50. The Balaban J connectivity index is 1.64. The molecular formula is C16H31NO. The molecule has 0 saturated heterocycles. The topological polar surface area (TPSA) is 21.3 Å². The van der Waals surface area contributed by atoms with Crippen LogP contribution in [-0.2, 0) is 4.74 Å². The lowest BCUT2D eigenvalue weighted by molar-refractivity contribution is -0.132. The first kappa shape index (κ1) is 14.3. The Bertz CT molecular complexity index is 235. The van der Waals surface area contributed by atoms with Crippen molar-refractivity contribution in [3.8, 4) is 0 Å². The summed E-state index contributed by atoms with van der Waals surface area (Å²) in [4.78, 5) is 0. The van der Waals surface area contributed by atoms with E-state index in [1.165, 1.54) is 64.2 Å². The molecule has 18 heavy (non-hydrogen) atoms. The summed E-state index contributed by atoms with van der Waals surface area (Å²) in [6.45, 7) is 3.26. The standard InChI is InChI=1S/C16H31NO/c1-3-4-5-6-9-12-18-15-13-14(17-2)16(15)10-7-8-11-16/h14-15,17H,3-13H2,1-2H3. The maximum Gasteiger partial charge on any atom is 0.0661 e. The van der Waals surface area contributed by atoms with Crippen LogP contribution in [0.5, 0.6) is 0 Å². The van der Waals surface area contributed by atoms with E-state index >= 15 is 0 Å². The van der Waals surface area contributed by atoms with Crippen LogP contribution in [0.3, 0.4) is 0 Å². The molecule has 2 nitrogen and oxygen atoms in total. The van der Waals surface area contributed by atoms with E-state index in [1.807, 2.05) is 0 Å². The first-order valence-corrected chi connectivity index (χ1v) is 8.12. The molecule has 0 bridgehead atoms. The first-order chi connectivity index (χ1) is 8.83. The molecule has 2 unspecified atom stereocenters. The van der Waals surface area contributed by atoms with E-state index in [1.54, 1.807) is 0 Å². The zero-order valence-corrected chi connectivity index (χ0v) is 12.3. The molecule has 0 aromatic heterocycles. The van der Waals surface area contributed by atoms with Crippen molar-refractivity contribution in [1.29, 1.82) is 0 Å². The fourth-order valence-electron chi connectivity index (χ4n) is 4.02. The Kier molecular flexibility index (Phi) is 5.50. The van der Waals surface area contributed by atoms with Gasteiger partial charge in [0.05, 0.1) is 6.10 Å². The van der Waals surface area contributed by atoms with Gasteiger partial charge in [-0.05, 0) is 32.7 Å². The fraction of sp³-hybridized carbons (Fsp3) is 1.00. The lowest BCUT2D eigenvalue weighted by Gasteiger charge is -2.54. The summed E-state index contributed by atoms with van der Waals surface area (Å²) >= 11 is 0. The summed E-state index contributed by atoms with van der Waals surface area (Å²) in [6, 6.07) is 0.727. The van der Waals surface area contributed by atoms with Crippen LogP contribution in [0.25, 0.3) is 0 Å². The number of ether oxygens (including phenoxy) is 1. The van der Waals surface area contributed by atoms with E-state index in [-0.39, 0.29) is 0 Å². The van der Waals surface area contributed by atoms with Crippen LogP contribution in [0.2, 0.25) is 0 Å². The second-order valence-electron chi connectivity index (χ2n) is 6.29. The summed E-state index contributed by atoms with van der Waals surface area (Å²) < 4.78 is 6.19. The van der Waals surface area contributed by atoms with Crippen molar-refractivity contribution in [1.82, 2.24) is 5.32 Å². The highest BCUT2D eigenvalue weighted by molar-refractivity contribution is 5.09. The molecule has 1 spiro atoms. The molecule has 2 heteroatoms. The van der Waals surface area contributed by atoms with E-state index in [0.717, 1.165) is 12.6 Å². The SMILES string of the molecule is CCCCCCCOC1CC(NC)C12CCCC2. The third-order valence-electron chi connectivity index (χ3n) is 5.23. The van der Waals surface area contributed by atoms with E-state index in [2.05, 4.69) is 19.3 Å². The predicted molar refractivity (Wildman–Crippen MR) is 76.9 cm³/mol. The van der Waals surface area contributed by atoms with Crippen LogP contribution in [0.1, 0.15) is 71.1 Å². The zero-order chi connectivity index (χ0) is 12.8. The lowest BCUT2D eigenvalue weighted by atomic mass is 9.60. The summed E-state index contributed by atoms with van der Waals surface area (Å²) in [5.41, 5.74) is 0.512. The van der Waals surface area contributed by atoms with Gasteiger partial charge in [-0.25, -0.2) is 0 Å². The van der Waals surface area contributed by atoms with Gasteiger partial charge >= 0.3 is 0 Å². The van der Waals surface area contributed by atoms with Crippen molar-refractivity contribution in [3.05, 3.63) is 0 Å². The summed E-state index contributed by atoms with van der Waals surface area (Å²) in [7, 11) is 2.12. The van der Waals surface area contributed by atoms with Crippen LogP contribution < -0.4 is 5.32 Å². The Morgan fingerprint density at radius 1 is 1.11 bits per heavy atom. The first-order valence-electron chi connectivity index (χ1n) is 8.12. The maximum absolute atomic E-state index is 6.19. The van der Waals surface area contributed by atoms with Crippen molar-refractivity contribution >= 4 is 0 Å². The number of unbranched alkanes of at least 4 members (excludes halogenated alkanes) is 4. The minimum atomic E-state index is 0.512. The Hall–Kier alpha value is -0.0800. The van der Waals surface area contributed by atoms with E-state index in [0.29, 0.717) is 11.5 Å². The summed E-state index contributed by atoms with van der Waals surface area (Å²) in [6.07, 6.45) is 14.1. The molecule has 2 aliphatic rings. The van der Waals surface area contributed by atoms with E-state index in [4.69, 9.17) is 4.74 Å². The van der Waals surface area contributed by atoms with Crippen molar-refractivity contribution in [2.75, 3.05) is 13.7 Å². The number of nitrogens with one attached hydrogen (secondary N) is 1. The van der Waals surface area contributed by atoms with Crippen LogP contribution in [-0.4, -0.2) is 25.8 Å². The normalized spacial score (nSPS) is 29.7. The lowest BCUT2D eigenvalue weighted by Crippen LogP contribution is -2.61. The van der Waals surface area contributed by atoms with Gasteiger partial charge in [0.1, 0.15) is 0 Å². The van der Waals surface area contributed by atoms with Gasteiger partial charge in [0.2, 0.25) is 0 Å². The zero-order valence-electron chi connectivity index (χ0n) is 12.3. The largest absolute Gasteiger partial charge is 0.378 e. The van der Waals surface area contributed by atoms with E-state index in [9.17, 15) is 0 Å². The molecule has 106 valence electrons. The van der Waals surface area contributed by atoms with Crippen molar-refractivity contribution in [2.45, 2.75) is 83.3 Å². The Labute approximate surface area is 113 Å². The van der Waals surface area contributed by atoms with Gasteiger partial charge in [0.25, 0.3) is 0 Å². The molecule has 1 N–H and O–H groups in total. The van der Waals surface area contributed by atoms with Gasteiger partial charge in [0, 0.05) is 18.1 Å². The Morgan fingerprint density at radius 2 is 1.83 bits per heavy atom. The molecule has 0 aromatic rings. The second kappa shape index (κ2) is 6.91. The van der Waals surface area contributed by atoms with Crippen LogP contribution in [0.15, 0.2) is 0 Å². The van der Waals surface area contributed by atoms with E-state index < -0.39 is 0 Å². The van der Waals surface area contributed by atoms with Gasteiger partial charge in [0.15, 0.2) is 0 Å². The number of rotatable bonds is 8. The van der Waals surface area contributed by atoms with Crippen molar-refractivity contribution in [2.24, 2.45) is 5.41 Å². The molecule has 2 fully saturated rings. The molecule has 2 rings (SSSR count). The molecule has 0 amide bonds. The average molecular weight is 253 g/mol. The minimum absolute atomic E-state index is 0.512. The van der Waals surface area contributed by atoms with Gasteiger partial charge in [-0.15, -0.1) is 0 Å². The second-order valence-corrected chi connectivity index (χ2v) is 6.29. The smallest absolute Gasteiger partial charge is 0.0661 e. The van der Waals surface area contributed by atoms with Crippen molar-refractivity contribution in [3.63, 3.8) is 0 Å². The summed E-state index contributed by atoms with van der Waals surface area (Å²) in [5.74, 6) is 0. The molecule has 2 aliphatic carbocycles. The van der Waals surface area contributed by atoms with Gasteiger partial charge in [-0.3, -0.25) is 0 Å². The molecular weight excluding hydrogens is 222 g/mol. The predicted octanol–water partition coefficient (Wildman–Crippen LogP) is 3.89. The average Bonchev–Trinajstić information content (AvgIpc) is 2.88. The van der Waals surface area contributed by atoms with Gasteiger partial charge < -0.3 is 10.1 Å². The fourth-order valence-corrected chi connectivity index (χ4v) is 4.02. The highest BCUT2D eigenvalue weighted by Gasteiger charge is 2.55. The van der Waals surface area contributed by atoms with Crippen LogP contribution in [0.4, 0.5) is 0 Å². The third-order valence-corrected chi connectivity index (χ3v) is 5.23. The third kappa shape index (κ3) is 2.91. The molecule has 0 heterocycles. The van der Waals surface area contributed by atoms with Gasteiger partial charge in [-0.1, -0.05) is 45.4 Å². The highest BCUT2D eigenvalue weighted by atomic mass is 16.5. The van der Waals surface area contributed by atoms with Gasteiger partial charge in [-0.2, -0.15) is 0 Å². The minimum Gasteiger partial charge on any atom is -0.378 e. The quantitative estimate of drug-likeness (QED) is 0.663. The molecule has 2 atom stereocenters. The number of hydrogen-bond acceptors (Lipinski definition) is 2. The molecule has 0 aliphatic heterocycles. The maximum atomic E-state index is 6.19. The number of hydrogen-bond donors (Lipinski definition) is 1. The Morgan fingerprint density at radius 3 is 2.50 bits per heavy atom. The molecule has 0 radical (unpaired) electrons. The van der Waals surface area contributed by atoms with Crippen LogP contribution >= 0.6 is 0 Å². The monoisotopic (exact) mass is 253 g/mol. The molecule has 0 aromatic carbocycles. The van der Waals surface area contributed by atoms with Crippen LogP contribution in [0, 0.1) is 5.41 Å². The highest BCUT2D eigenvalue weighted by Crippen LogP contribution is 2.54. The molecule has 2 saturated carbocycles. The van der Waals surface area contributed by atoms with Crippen molar-refractivity contribution < 1.29 is 4.74 Å².